The molecule has 2 aliphatic rings. The van der Waals surface area contributed by atoms with Crippen molar-refractivity contribution in [2.45, 2.75) is 105 Å². The van der Waals surface area contributed by atoms with E-state index in [1.165, 1.54) is 4.90 Å². The number of likely N-dealkylation sites (tertiary alicyclic amines) is 1. The molecule has 2 fully saturated rings. The van der Waals surface area contributed by atoms with Gasteiger partial charge in [-0.05, 0) is 69.8 Å². The molecule has 3 rings (SSSR count). The first-order valence-corrected chi connectivity index (χ1v) is 13.8. The van der Waals surface area contributed by atoms with Gasteiger partial charge in [-0.3, -0.25) is 14.5 Å². The van der Waals surface area contributed by atoms with Crippen LogP contribution in [0.25, 0.3) is 0 Å². The predicted octanol–water partition coefficient (Wildman–Crippen LogP) is 5.24. The summed E-state index contributed by atoms with van der Waals surface area (Å²) >= 11 is 0. The van der Waals surface area contributed by atoms with Crippen molar-refractivity contribution in [3.63, 3.8) is 0 Å². The van der Waals surface area contributed by atoms with Gasteiger partial charge in [-0.15, -0.1) is 0 Å². The van der Waals surface area contributed by atoms with E-state index in [4.69, 9.17) is 9.47 Å². The van der Waals surface area contributed by atoms with Crippen molar-refractivity contribution in [3.8, 4) is 0 Å². The van der Waals surface area contributed by atoms with Crippen molar-refractivity contribution < 1.29 is 28.7 Å². The fourth-order valence-corrected chi connectivity index (χ4v) is 5.49. The molecule has 0 unspecified atom stereocenters. The van der Waals surface area contributed by atoms with Gasteiger partial charge >= 0.3 is 12.1 Å². The van der Waals surface area contributed by atoms with Crippen LogP contribution < -0.4 is 5.32 Å². The Morgan fingerprint density at radius 2 is 1.68 bits per heavy atom. The normalized spacial score (nSPS) is 23.0. The predicted molar refractivity (Wildman–Crippen MR) is 144 cm³/mol. The Labute approximate surface area is 226 Å². The Hall–Kier alpha value is -2.90. The van der Waals surface area contributed by atoms with Gasteiger partial charge in [-0.2, -0.15) is 0 Å². The SMILES string of the molecule is CC(C)C[C@H](NC(=O)OC(C)(C)C)[C@H]1C[C@@]12CCC(=O)N([C@@H](CC(C)C)C(=O)OCc1ccccc1)C2=O. The third-order valence-electron chi connectivity index (χ3n) is 7.25. The van der Waals surface area contributed by atoms with Crippen molar-refractivity contribution in [2.75, 3.05) is 0 Å². The number of rotatable bonds is 10. The molecule has 0 bridgehead atoms. The average Bonchev–Trinajstić information content (AvgIpc) is 3.53. The Morgan fingerprint density at radius 3 is 2.26 bits per heavy atom. The molecule has 1 aromatic carbocycles. The fraction of sp³-hybridized carbons (Fsp3) is 0.667. The Bertz CT molecular complexity index is 1020. The second kappa shape index (κ2) is 11.9. The summed E-state index contributed by atoms with van der Waals surface area (Å²) in [7, 11) is 0. The number of imide groups is 1. The number of piperidine rings is 1. The summed E-state index contributed by atoms with van der Waals surface area (Å²) < 4.78 is 11.1. The van der Waals surface area contributed by atoms with Gasteiger partial charge in [0.1, 0.15) is 18.2 Å². The number of carbonyl (C=O) groups excluding carboxylic acids is 4. The second-order valence-corrected chi connectivity index (χ2v) is 12.7. The van der Waals surface area contributed by atoms with Crippen LogP contribution >= 0.6 is 0 Å². The van der Waals surface area contributed by atoms with Crippen LogP contribution in [-0.2, 0) is 30.5 Å². The topological polar surface area (TPSA) is 102 Å². The molecule has 1 aliphatic heterocycles. The number of amides is 3. The van der Waals surface area contributed by atoms with Gasteiger partial charge in [-0.25, -0.2) is 9.59 Å². The largest absolute Gasteiger partial charge is 0.459 e. The van der Waals surface area contributed by atoms with Crippen molar-refractivity contribution in [1.29, 1.82) is 0 Å². The minimum absolute atomic E-state index is 0.0697. The monoisotopic (exact) mass is 528 g/mol. The van der Waals surface area contributed by atoms with E-state index in [0.717, 1.165) is 5.56 Å². The van der Waals surface area contributed by atoms with E-state index < -0.39 is 29.1 Å². The number of alkyl carbamates (subject to hydrolysis) is 1. The van der Waals surface area contributed by atoms with Crippen molar-refractivity contribution >= 4 is 23.9 Å². The maximum Gasteiger partial charge on any atom is 0.407 e. The first kappa shape index (κ1) is 29.7. The summed E-state index contributed by atoms with van der Waals surface area (Å²) in [4.78, 5) is 54.2. The second-order valence-electron chi connectivity index (χ2n) is 12.7. The number of nitrogens with one attached hydrogen (secondary N) is 1. The highest BCUT2D eigenvalue weighted by atomic mass is 16.6. The van der Waals surface area contributed by atoms with Gasteiger partial charge in [0.2, 0.25) is 11.8 Å². The van der Waals surface area contributed by atoms with E-state index in [2.05, 4.69) is 19.2 Å². The van der Waals surface area contributed by atoms with E-state index >= 15 is 0 Å². The summed E-state index contributed by atoms with van der Waals surface area (Å²) in [6.45, 7) is 13.5. The molecule has 8 nitrogen and oxygen atoms in total. The van der Waals surface area contributed by atoms with Crippen LogP contribution in [0.2, 0.25) is 0 Å². The number of esters is 1. The number of nitrogens with zero attached hydrogens (tertiary/aromatic N) is 1. The zero-order chi connectivity index (χ0) is 28.3. The van der Waals surface area contributed by atoms with E-state index in [9.17, 15) is 19.2 Å². The van der Waals surface area contributed by atoms with Crippen LogP contribution in [0.1, 0.15) is 86.1 Å². The Balaban J connectivity index is 1.80. The van der Waals surface area contributed by atoms with Crippen LogP contribution in [0.4, 0.5) is 4.79 Å². The molecule has 1 aliphatic carbocycles. The molecule has 1 spiro atoms. The number of ether oxygens (including phenoxy) is 2. The molecule has 0 radical (unpaired) electrons. The first-order chi connectivity index (χ1) is 17.7. The highest BCUT2D eigenvalue weighted by Gasteiger charge is 2.66. The minimum atomic E-state index is -0.973. The van der Waals surface area contributed by atoms with Crippen LogP contribution in [0.15, 0.2) is 30.3 Å². The highest BCUT2D eigenvalue weighted by molar-refractivity contribution is 6.05. The van der Waals surface area contributed by atoms with Gasteiger partial charge < -0.3 is 14.8 Å². The van der Waals surface area contributed by atoms with Gasteiger partial charge in [0.05, 0.1) is 5.41 Å². The summed E-state index contributed by atoms with van der Waals surface area (Å²) in [6, 6.07) is 8.09. The van der Waals surface area contributed by atoms with E-state index in [-0.39, 0.29) is 48.6 Å². The standard InChI is InChI=1S/C30H44N2O6/c1-19(2)15-23(31-28(36)38-29(5,6)7)22-17-30(22)14-13-25(33)32(27(30)35)24(16-20(3)4)26(34)37-18-21-11-9-8-10-12-21/h8-12,19-20,22-24H,13-18H2,1-7H3,(H,31,36)/t22-,23+,24+,30+/m1/s1. The lowest BCUT2D eigenvalue weighted by Gasteiger charge is -2.37. The number of benzene rings is 1. The average molecular weight is 529 g/mol. The lowest BCUT2D eigenvalue weighted by Crippen LogP contribution is -2.56. The van der Waals surface area contributed by atoms with Crippen molar-refractivity contribution in [2.24, 2.45) is 23.2 Å². The van der Waals surface area contributed by atoms with Gasteiger partial charge in [0, 0.05) is 12.5 Å². The molecule has 1 saturated heterocycles. The lowest BCUT2D eigenvalue weighted by atomic mass is 9.85. The lowest BCUT2D eigenvalue weighted by molar-refractivity contribution is -0.168. The summed E-state index contributed by atoms with van der Waals surface area (Å²) in [5, 5.41) is 3.00. The van der Waals surface area contributed by atoms with Crippen molar-refractivity contribution in [1.82, 2.24) is 10.2 Å². The molecular formula is C30H44N2O6. The molecule has 1 heterocycles. The zero-order valence-electron chi connectivity index (χ0n) is 23.9. The van der Waals surface area contributed by atoms with Gasteiger partial charge in [-0.1, -0.05) is 58.0 Å². The molecule has 0 aromatic heterocycles. The zero-order valence-corrected chi connectivity index (χ0v) is 23.9. The maximum absolute atomic E-state index is 14.0. The quantitative estimate of drug-likeness (QED) is 0.329. The van der Waals surface area contributed by atoms with Crippen LogP contribution in [0.5, 0.6) is 0 Å². The van der Waals surface area contributed by atoms with Crippen LogP contribution in [-0.4, -0.2) is 46.5 Å². The number of hydrogen-bond donors (Lipinski definition) is 1. The highest BCUT2D eigenvalue weighted by Crippen LogP contribution is 2.61. The maximum atomic E-state index is 14.0. The Morgan fingerprint density at radius 1 is 1.05 bits per heavy atom. The first-order valence-electron chi connectivity index (χ1n) is 13.8. The van der Waals surface area contributed by atoms with Crippen LogP contribution in [0, 0.1) is 23.2 Å². The summed E-state index contributed by atoms with van der Waals surface area (Å²) in [5.41, 5.74) is -0.567. The van der Waals surface area contributed by atoms with Gasteiger partial charge in [0.25, 0.3) is 0 Å². The molecule has 210 valence electrons. The summed E-state index contributed by atoms with van der Waals surface area (Å²) in [5.74, 6) is -0.995. The fourth-order valence-electron chi connectivity index (χ4n) is 5.49. The van der Waals surface area contributed by atoms with E-state index in [1.807, 2.05) is 65.0 Å². The molecule has 3 amide bonds. The van der Waals surface area contributed by atoms with E-state index in [0.29, 0.717) is 25.7 Å². The Kier molecular flexibility index (Phi) is 9.26. The molecule has 1 N–H and O–H groups in total. The third kappa shape index (κ3) is 7.35. The molecule has 1 saturated carbocycles. The smallest absolute Gasteiger partial charge is 0.407 e. The molecule has 4 atom stereocenters. The number of hydrogen-bond acceptors (Lipinski definition) is 6. The molecular weight excluding hydrogens is 484 g/mol. The van der Waals surface area contributed by atoms with Gasteiger partial charge in [0.15, 0.2) is 0 Å². The minimum Gasteiger partial charge on any atom is -0.459 e. The van der Waals surface area contributed by atoms with E-state index in [1.54, 1.807) is 0 Å². The third-order valence-corrected chi connectivity index (χ3v) is 7.25. The van der Waals surface area contributed by atoms with Crippen molar-refractivity contribution in [3.05, 3.63) is 35.9 Å². The number of carbonyl (C=O) groups is 4. The molecule has 1 aromatic rings. The molecule has 38 heavy (non-hydrogen) atoms. The summed E-state index contributed by atoms with van der Waals surface area (Å²) in [6.07, 6.45) is 1.67. The van der Waals surface area contributed by atoms with Crippen LogP contribution in [0.3, 0.4) is 0 Å². The molecule has 8 heteroatoms.